The number of para-hydroxylation sites is 1. The van der Waals surface area contributed by atoms with Crippen molar-refractivity contribution in [3.05, 3.63) is 29.8 Å². The third-order valence-electron chi connectivity index (χ3n) is 4.04. The third kappa shape index (κ3) is 3.92. The van der Waals surface area contributed by atoms with Crippen molar-refractivity contribution in [3.63, 3.8) is 0 Å². The molecule has 0 aliphatic carbocycles. The van der Waals surface area contributed by atoms with Crippen LogP contribution in [0.25, 0.3) is 0 Å². The molecular weight excluding hydrogens is 264 g/mol. The molecule has 1 heterocycles. The number of nitrogens with one attached hydrogen (secondary N) is 1. The van der Waals surface area contributed by atoms with Crippen molar-refractivity contribution >= 4 is 17.4 Å². The molecule has 1 aliphatic heterocycles. The highest BCUT2D eigenvalue weighted by Gasteiger charge is 2.22. The third-order valence-corrected chi connectivity index (χ3v) is 5.41. The predicted molar refractivity (Wildman–Crippen MR) is 91.9 cm³/mol. The van der Waals surface area contributed by atoms with Gasteiger partial charge in [-0.15, -0.1) is 0 Å². The van der Waals surface area contributed by atoms with Gasteiger partial charge in [-0.05, 0) is 37.9 Å². The fraction of sp³-hybridized carbons (Fsp3) is 0.647. The number of rotatable bonds is 6. The lowest BCUT2D eigenvalue weighted by Crippen LogP contribution is -2.38. The van der Waals surface area contributed by atoms with E-state index in [-0.39, 0.29) is 0 Å². The van der Waals surface area contributed by atoms with Gasteiger partial charge in [-0.1, -0.05) is 32.0 Å². The maximum Gasteiger partial charge on any atom is 0.0415 e. The molecule has 0 bridgehead atoms. The van der Waals surface area contributed by atoms with Crippen LogP contribution < -0.4 is 10.2 Å². The molecule has 2 atom stereocenters. The van der Waals surface area contributed by atoms with Gasteiger partial charge in [-0.2, -0.15) is 11.8 Å². The number of anilines is 1. The van der Waals surface area contributed by atoms with Crippen LogP contribution in [0, 0.1) is 0 Å². The first kappa shape index (κ1) is 15.7. The lowest BCUT2D eigenvalue weighted by atomic mass is 10.0. The van der Waals surface area contributed by atoms with Crippen molar-refractivity contribution in [3.8, 4) is 0 Å². The number of hydrogen-bond donors (Lipinski definition) is 1. The highest BCUT2D eigenvalue weighted by molar-refractivity contribution is 8.00. The Morgan fingerprint density at radius 1 is 1.35 bits per heavy atom. The fourth-order valence-electron chi connectivity index (χ4n) is 2.80. The zero-order valence-electron chi connectivity index (χ0n) is 13.1. The summed E-state index contributed by atoms with van der Waals surface area (Å²) in [6, 6.07) is 9.35. The molecule has 112 valence electrons. The van der Waals surface area contributed by atoms with Crippen LogP contribution in [0.15, 0.2) is 24.3 Å². The van der Waals surface area contributed by atoms with E-state index < -0.39 is 0 Å². The van der Waals surface area contributed by atoms with Gasteiger partial charge < -0.3 is 10.2 Å². The van der Waals surface area contributed by atoms with Crippen LogP contribution in [0.3, 0.4) is 0 Å². The topological polar surface area (TPSA) is 15.3 Å². The monoisotopic (exact) mass is 292 g/mol. The smallest absolute Gasteiger partial charge is 0.0415 e. The number of hydrogen-bond acceptors (Lipinski definition) is 3. The molecule has 0 amide bonds. The fourth-order valence-corrected chi connectivity index (χ4v) is 3.98. The quantitative estimate of drug-likeness (QED) is 0.850. The van der Waals surface area contributed by atoms with Gasteiger partial charge in [0.05, 0.1) is 0 Å². The molecule has 1 aromatic rings. The minimum absolute atomic E-state index is 0.431. The van der Waals surface area contributed by atoms with E-state index >= 15 is 0 Å². The van der Waals surface area contributed by atoms with Crippen molar-refractivity contribution in [1.82, 2.24) is 5.32 Å². The van der Waals surface area contributed by atoms with Gasteiger partial charge in [0.2, 0.25) is 0 Å². The minimum Gasteiger partial charge on any atom is -0.369 e. The van der Waals surface area contributed by atoms with Gasteiger partial charge in [0.25, 0.3) is 0 Å². The average molecular weight is 292 g/mol. The van der Waals surface area contributed by atoms with Gasteiger partial charge >= 0.3 is 0 Å². The first-order valence-electron chi connectivity index (χ1n) is 7.95. The van der Waals surface area contributed by atoms with Gasteiger partial charge in [0, 0.05) is 35.8 Å². The Balaban J connectivity index is 2.14. The van der Waals surface area contributed by atoms with Gasteiger partial charge in [0.15, 0.2) is 0 Å². The van der Waals surface area contributed by atoms with E-state index in [1.807, 2.05) is 0 Å². The van der Waals surface area contributed by atoms with Crippen LogP contribution in [-0.4, -0.2) is 30.6 Å². The second-order valence-corrected chi connectivity index (χ2v) is 6.99. The van der Waals surface area contributed by atoms with Crippen molar-refractivity contribution in [2.45, 2.75) is 44.9 Å². The van der Waals surface area contributed by atoms with Gasteiger partial charge in [0.1, 0.15) is 0 Å². The average Bonchev–Trinajstić information content (AvgIpc) is 2.52. The largest absolute Gasteiger partial charge is 0.369 e. The molecule has 20 heavy (non-hydrogen) atoms. The molecule has 1 fully saturated rings. The highest BCUT2D eigenvalue weighted by atomic mass is 32.2. The summed E-state index contributed by atoms with van der Waals surface area (Å²) in [5.41, 5.74) is 2.88. The normalized spacial score (nSPS) is 20.9. The molecule has 3 heteroatoms. The molecule has 0 radical (unpaired) electrons. The first-order chi connectivity index (χ1) is 9.76. The van der Waals surface area contributed by atoms with Crippen LogP contribution in [-0.2, 0) is 0 Å². The zero-order valence-corrected chi connectivity index (χ0v) is 13.9. The van der Waals surface area contributed by atoms with Crippen molar-refractivity contribution < 1.29 is 0 Å². The molecule has 2 rings (SSSR count). The summed E-state index contributed by atoms with van der Waals surface area (Å²) in [6.45, 7) is 10.3. The second kappa shape index (κ2) is 7.94. The van der Waals surface area contributed by atoms with Crippen LogP contribution in [0.2, 0.25) is 0 Å². The highest BCUT2D eigenvalue weighted by Crippen LogP contribution is 2.31. The molecule has 0 spiro atoms. The lowest BCUT2D eigenvalue weighted by molar-refractivity contribution is 0.568. The van der Waals surface area contributed by atoms with E-state index in [0.29, 0.717) is 6.04 Å². The van der Waals surface area contributed by atoms with E-state index in [4.69, 9.17) is 0 Å². The van der Waals surface area contributed by atoms with E-state index in [2.05, 4.69) is 67.0 Å². The summed E-state index contributed by atoms with van der Waals surface area (Å²) < 4.78 is 0. The molecule has 0 saturated carbocycles. The van der Waals surface area contributed by atoms with Gasteiger partial charge in [-0.25, -0.2) is 0 Å². The molecule has 1 N–H and O–H groups in total. The molecule has 1 aromatic carbocycles. The van der Waals surface area contributed by atoms with E-state index in [1.54, 1.807) is 0 Å². The Bertz CT molecular complexity index is 408. The summed E-state index contributed by atoms with van der Waals surface area (Å²) >= 11 is 2.13. The molecule has 2 nitrogen and oxygen atoms in total. The summed E-state index contributed by atoms with van der Waals surface area (Å²) in [7, 11) is 0. The zero-order chi connectivity index (χ0) is 14.4. The summed E-state index contributed by atoms with van der Waals surface area (Å²) in [4.78, 5) is 2.59. The molecular formula is C17H28N2S. The Labute approximate surface area is 128 Å². The predicted octanol–water partition coefficient (Wildman–Crippen LogP) is 4.08. The molecule has 1 saturated heterocycles. The van der Waals surface area contributed by atoms with Crippen molar-refractivity contribution in [2.24, 2.45) is 0 Å². The van der Waals surface area contributed by atoms with E-state index in [0.717, 1.165) is 11.8 Å². The second-order valence-electron chi connectivity index (χ2n) is 5.58. The minimum atomic E-state index is 0.431. The van der Waals surface area contributed by atoms with E-state index in [1.165, 1.54) is 42.9 Å². The SMILES string of the molecule is CCCNC(C)c1ccccc1N1CCSC(CC)C1. The Morgan fingerprint density at radius 3 is 2.90 bits per heavy atom. The molecule has 0 aromatic heterocycles. The van der Waals surface area contributed by atoms with Crippen LogP contribution in [0.1, 0.15) is 45.2 Å². The first-order valence-corrected chi connectivity index (χ1v) is 9.00. The Kier molecular flexibility index (Phi) is 6.24. The lowest BCUT2D eigenvalue weighted by Gasteiger charge is -2.35. The molecule has 1 aliphatic rings. The van der Waals surface area contributed by atoms with E-state index in [9.17, 15) is 0 Å². The molecule has 2 unspecified atom stereocenters. The Hall–Kier alpha value is -0.670. The summed E-state index contributed by atoms with van der Waals surface area (Å²) in [5, 5.41) is 4.41. The van der Waals surface area contributed by atoms with Gasteiger partial charge in [-0.3, -0.25) is 0 Å². The van der Waals surface area contributed by atoms with Crippen LogP contribution in [0.4, 0.5) is 5.69 Å². The number of thioether (sulfide) groups is 1. The summed E-state index contributed by atoms with van der Waals surface area (Å²) in [5.74, 6) is 1.25. The summed E-state index contributed by atoms with van der Waals surface area (Å²) in [6.07, 6.45) is 2.46. The standard InChI is InChI=1S/C17H28N2S/c1-4-10-18-14(3)16-8-6-7-9-17(16)19-11-12-20-15(5-2)13-19/h6-9,14-15,18H,4-5,10-13H2,1-3H3. The van der Waals surface area contributed by atoms with Crippen LogP contribution in [0.5, 0.6) is 0 Å². The van der Waals surface area contributed by atoms with Crippen molar-refractivity contribution in [1.29, 1.82) is 0 Å². The Morgan fingerprint density at radius 2 is 2.15 bits per heavy atom. The number of benzene rings is 1. The van der Waals surface area contributed by atoms with Crippen LogP contribution >= 0.6 is 11.8 Å². The maximum atomic E-state index is 3.62. The maximum absolute atomic E-state index is 3.62. The van der Waals surface area contributed by atoms with Crippen molar-refractivity contribution in [2.75, 3.05) is 30.3 Å². The number of nitrogens with zero attached hydrogens (tertiary/aromatic N) is 1.